The number of hydrogen-bond acceptors (Lipinski definition) is 4. The second-order valence-corrected chi connectivity index (χ2v) is 2.39. The van der Waals surface area contributed by atoms with Crippen LogP contribution in [0.3, 0.4) is 0 Å². The molecule has 6 heteroatoms. The molecule has 1 unspecified atom stereocenters. The average molecular weight is 161 g/mol. The highest BCUT2D eigenvalue weighted by atomic mass is 16.6. The van der Waals surface area contributed by atoms with Crippen LogP contribution in [0.2, 0.25) is 6.32 Å². The van der Waals surface area contributed by atoms with Crippen molar-refractivity contribution in [2.45, 2.75) is 24.9 Å². The number of aliphatic hydroxyl groups excluding tert-OH is 2. The van der Waals surface area contributed by atoms with Gasteiger partial charge in [-0.05, 0) is 6.42 Å². The van der Waals surface area contributed by atoms with Gasteiger partial charge in [0, 0.05) is 4.92 Å². The molecule has 0 bridgehead atoms. The molecule has 0 aromatic carbocycles. The minimum absolute atomic E-state index is 0.353. The van der Waals surface area contributed by atoms with Gasteiger partial charge in [-0.3, -0.25) is 10.1 Å². The highest BCUT2D eigenvalue weighted by molar-refractivity contribution is 6.08. The van der Waals surface area contributed by atoms with E-state index in [1.807, 2.05) is 7.85 Å². The number of nitro groups is 1. The molecule has 0 amide bonds. The highest BCUT2D eigenvalue weighted by Crippen LogP contribution is 2.03. The molecule has 0 saturated carbocycles. The molecule has 0 rings (SSSR count). The van der Waals surface area contributed by atoms with Crippen LogP contribution in [0.5, 0.6) is 0 Å². The Balaban J connectivity index is 3.91. The zero-order chi connectivity index (χ0) is 8.85. The quantitative estimate of drug-likeness (QED) is 0.289. The van der Waals surface area contributed by atoms with Crippen molar-refractivity contribution in [3.8, 4) is 0 Å². The van der Waals surface area contributed by atoms with Gasteiger partial charge in [0.2, 0.25) is 0 Å². The van der Waals surface area contributed by atoms with Gasteiger partial charge in [0.25, 0.3) is 6.04 Å². The maximum absolute atomic E-state index is 10.1. The van der Waals surface area contributed by atoms with E-state index in [0.717, 1.165) is 0 Å². The first-order valence-corrected chi connectivity index (χ1v) is 3.55. The first-order chi connectivity index (χ1) is 5.13. The Morgan fingerprint density at radius 2 is 2.18 bits per heavy atom. The fourth-order valence-corrected chi connectivity index (χ4v) is 0.817. The highest BCUT2D eigenvalue weighted by Gasteiger charge is 2.27. The Labute approximate surface area is 65.6 Å². The Morgan fingerprint density at radius 1 is 1.64 bits per heavy atom. The summed E-state index contributed by atoms with van der Waals surface area (Å²) in [7, 11) is 1.82. The Bertz CT molecular complexity index is 132. The predicted molar refractivity (Wildman–Crippen MR) is 41.8 cm³/mol. The van der Waals surface area contributed by atoms with Crippen LogP contribution in [-0.4, -0.2) is 41.7 Å². The lowest BCUT2D eigenvalue weighted by Gasteiger charge is -2.12. The smallest absolute Gasteiger partial charge is 0.261 e. The van der Waals surface area contributed by atoms with Crippen molar-refractivity contribution in [3.63, 3.8) is 0 Å². The third kappa shape index (κ3) is 3.34. The number of aliphatic hydroxyl groups is 2. The summed E-state index contributed by atoms with van der Waals surface area (Å²) in [5.41, 5.74) is 0. The van der Waals surface area contributed by atoms with Gasteiger partial charge in [-0.1, -0.05) is 6.32 Å². The third-order valence-electron chi connectivity index (χ3n) is 1.49. The summed E-state index contributed by atoms with van der Waals surface area (Å²) >= 11 is 0. The van der Waals surface area contributed by atoms with E-state index < -0.39 is 23.7 Å². The average Bonchev–Trinajstić information content (AvgIpc) is 1.88. The van der Waals surface area contributed by atoms with Gasteiger partial charge >= 0.3 is 0 Å². The van der Waals surface area contributed by atoms with Gasteiger partial charge in [0.15, 0.2) is 0 Å². The minimum atomic E-state index is -1.23. The maximum Gasteiger partial charge on any atom is 0.261 e. The summed E-state index contributed by atoms with van der Waals surface area (Å²) in [5, 5.41) is 27.7. The van der Waals surface area contributed by atoms with E-state index in [1.54, 1.807) is 0 Å². The van der Waals surface area contributed by atoms with Crippen molar-refractivity contribution in [2.75, 3.05) is 6.61 Å². The molecule has 0 aromatic heterocycles. The summed E-state index contributed by atoms with van der Waals surface area (Å²) in [6.45, 7) is -0.603. The van der Waals surface area contributed by atoms with E-state index >= 15 is 0 Å². The van der Waals surface area contributed by atoms with Gasteiger partial charge in [0.05, 0.1) is 0 Å². The van der Waals surface area contributed by atoms with E-state index in [1.165, 1.54) is 0 Å². The topological polar surface area (TPSA) is 83.6 Å². The van der Waals surface area contributed by atoms with Crippen molar-refractivity contribution in [1.29, 1.82) is 0 Å². The van der Waals surface area contributed by atoms with E-state index in [2.05, 4.69) is 0 Å². The number of rotatable bonds is 5. The molecule has 2 atom stereocenters. The van der Waals surface area contributed by atoms with Crippen molar-refractivity contribution in [3.05, 3.63) is 10.1 Å². The zero-order valence-electron chi connectivity index (χ0n) is 6.43. The largest absolute Gasteiger partial charge is 0.389 e. The van der Waals surface area contributed by atoms with Crippen molar-refractivity contribution in [2.24, 2.45) is 0 Å². The lowest BCUT2D eigenvalue weighted by atomic mass is 9.96. The molecule has 0 aliphatic heterocycles. The number of hydrogen-bond donors (Lipinski definition) is 2. The molecule has 0 aliphatic carbocycles. The van der Waals surface area contributed by atoms with Crippen LogP contribution in [0.1, 0.15) is 6.42 Å². The monoisotopic (exact) mass is 161 g/mol. The molecule has 5 nitrogen and oxygen atoms in total. The van der Waals surface area contributed by atoms with E-state index in [4.69, 9.17) is 10.2 Å². The molecule has 0 spiro atoms. The summed E-state index contributed by atoms with van der Waals surface area (Å²) in [6.07, 6.45) is -0.00227. The predicted octanol–water partition coefficient (Wildman–Crippen LogP) is -1.57. The molecule has 2 N–H and O–H groups in total. The van der Waals surface area contributed by atoms with Crippen LogP contribution in [0.15, 0.2) is 0 Å². The first-order valence-electron chi connectivity index (χ1n) is 3.55. The third-order valence-corrected chi connectivity index (χ3v) is 1.49. The zero-order valence-corrected chi connectivity index (χ0v) is 6.43. The Kier molecular flexibility index (Phi) is 4.81. The molecular formula is C5H12BNO4. The van der Waals surface area contributed by atoms with Gasteiger partial charge in [0.1, 0.15) is 20.6 Å². The van der Waals surface area contributed by atoms with E-state index in [0.29, 0.717) is 12.7 Å². The fourth-order valence-electron chi connectivity index (χ4n) is 0.817. The normalized spacial score (nSPS) is 15.8. The molecular weight excluding hydrogens is 149 g/mol. The van der Waals surface area contributed by atoms with Crippen LogP contribution in [0, 0.1) is 10.1 Å². The second kappa shape index (κ2) is 5.09. The maximum atomic E-state index is 10.1. The molecule has 0 aliphatic rings. The van der Waals surface area contributed by atoms with Crippen molar-refractivity contribution in [1.82, 2.24) is 0 Å². The fraction of sp³-hybridized carbons (Fsp3) is 1.00. The lowest BCUT2D eigenvalue weighted by molar-refractivity contribution is -0.537. The minimum Gasteiger partial charge on any atom is -0.389 e. The van der Waals surface area contributed by atoms with Crippen molar-refractivity contribution < 1.29 is 15.1 Å². The van der Waals surface area contributed by atoms with E-state index in [9.17, 15) is 10.1 Å². The number of nitrogens with zero attached hydrogens (tertiary/aromatic N) is 1. The second-order valence-electron chi connectivity index (χ2n) is 2.39. The standard InChI is InChI=1S/C5H12BNO4/c6-2-1-5(9)4(3-8)7(10)11/h4-5,8-9H,1-3,6H2/t4-,5?/m0/s1. The van der Waals surface area contributed by atoms with Crippen LogP contribution in [0.25, 0.3) is 0 Å². The van der Waals surface area contributed by atoms with Gasteiger partial charge in [-0.15, -0.1) is 0 Å². The SMILES string of the molecule is BCCC(O)[C@H](CO)[N+](=O)[O-]. The van der Waals surface area contributed by atoms with Gasteiger partial charge < -0.3 is 10.2 Å². The summed E-state index contributed by atoms with van der Waals surface area (Å²) < 4.78 is 0. The van der Waals surface area contributed by atoms with Crippen LogP contribution < -0.4 is 0 Å². The summed E-state index contributed by atoms with van der Waals surface area (Å²) in [5.74, 6) is 0. The van der Waals surface area contributed by atoms with Crippen LogP contribution in [0.4, 0.5) is 0 Å². The molecule has 0 heterocycles. The van der Waals surface area contributed by atoms with Crippen LogP contribution >= 0.6 is 0 Å². The van der Waals surface area contributed by atoms with Crippen molar-refractivity contribution >= 4 is 7.85 Å². The Hall–Kier alpha value is -0.615. The molecule has 0 radical (unpaired) electrons. The molecule has 11 heavy (non-hydrogen) atoms. The molecule has 0 saturated heterocycles. The molecule has 0 aromatic rings. The van der Waals surface area contributed by atoms with E-state index in [-0.39, 0.29) is 0 Å². The lowest BCUT2D eigenvalue weighted by Crippen LogP contribution is -2.36. The Morgan fingerprint density at radius 3 is 2.45 bits per heavy atom. The van der Waals surface area contributed by atoms with Crippen LogP contribution in [-0.2, 0) is 0 Å². The summed E-state index contributed by atoms with van der Waals surface area (Å²) in [4.78, 5) is 9.48. The summed E-state index contributed by atoms with van der Waals surface area (Å²) in [6, 6.07) is -1.23. The molecule has 64 valence electrons. The first kappa shape index (κ1) is 10.4. The molecule has 0 fully saturated rings. The van der Waals surface area contributed by atoms with Gasteiger partial charge in [-0.25, -0.2) is 0 Å². The van der Waals surface area contributed by atoms with Gasteiger partial charge in [-0.2, -0.15) is 0 Å².